The number of rotatable bonds is 8. The number of urea groups is 1. The lowest BCUT2D eigenvalue weighted by molar-refractivity contribution is -0.137. The van der Waals surface area contributed by atoms with Gasteiger partial charge >= 0.3 is 12.0 Å². The predicted octanol–water partition coefficient (Wildman–Crippen LogP) is 3.18. The van der Waals surface area contributed by atoms with Crippen LogP contribution < -0.4 is 15.4 Å². The molecule has 14 heteroatoms. The first-order valence-corrected chi connectivity index (χ1v) is 13.5. The molecule has 12 nitrogen and oxygen atoms in total. The second kappa shape index (κ2) is 10.8. The van der Waals surface area contributed by atoms with Crippen molar-refractivity contribution in [3.63, 3.8) is 0 Å². The summed E-state index contributed by atoms with van der Waals surface area (Å²) in [4.78, 5) is 40.6. The van der Waals surface area contributed by atoms with E-state index in [9.17, 15) is 18.0 Å². The maximum atomic E-state index is 12.1. The molecule has 3 N–H and O–H groups in total. The van der Waals surface area contributed by atoms with Gasteiger partial charge < -0.3 is 10.1 Å². The van der Waals surface area contributed by atoms with Crippen LogP contribution >= 0.6 is 11.3 Å². The van der Waals surface area contributed by atoms with E-state index in [1.54, 1.807) is 6.20 Å². The number of aryl methyl sites for hydroxylation is 1. The second-order valence-corrected chi connectivity index (χ2v) is 10.6. The zero-order valence-corrected chi connectivity index (χ0v) is 21.7. The minimum absolute atomic E-state index is 0.184. The molecule has 0 aliphatic carbocycles. The molecule has 0 aliphatic heterocycles. The minimum atomic E-state index is -4.02. The van der Waals surface area contributed by atoms with Crippen molar-refractivity contribution >= 4 is 54.7 Å². The van der Waals surface area contributed by atoms with Gasteiger partial charge in [-0.25, -0.2) is 28.2 Å². The zero-order chi connectivity index (χ0) is 26.6. The molecule has 0 saturated carbocycles. The molecule has 0 saturated heterocycles. The summed E-state index contributed by atoms with van der Waals surface area (Å²) >= 11 is 1.33. The lowest BCUT2D eigenvalue weighted by atomic mass is 10.0. The van der Waals surface area contributed by atoms with Crippen LogP contribution in [0.3, 0.4) is 0 Å². The van der Waals surface area contributed by atoms with Gasteiger partial charge in [0.1, 0.15) is 0 Å². The summed E-state index contributed by atoms with van der Waals surface area (Å²) in [5.74, 6) is -1.94. The lowest BCUT2D eigenvalue weighted by Gasteiger charge is -2.09. The van der Waals surface area contributed by atoms with Crippen LogP contribution in [0.15, 0.2) is 42.9 Å². The first kappa shape index (κ1) is 25.9. The Morgan fingerprint density at radius 2 is 1.81 bits per heavy atom. The third kappa shape index (κ3) is 6.34. The second-order valence-electron chi connectivity index (χ2n) is 7.83. The number of fused-ring (bicyclic) bond motifs is 1. The smallest absolute Gasteiger partial charge is 0.322 e. The number of nitrogens with zero attached hydrogens (tertiary/aromatic N) is 4. The Hall–Kier alpha value is -4.17. The molecular weight excluding hydrogens is 518 g/mol. The number of amides is 2. The summed E-state index contributed by atoms with van der Waals surface area (Å²) < 4.78 is 31.5. The van der Waals surface area contributed by atoms with Crippen molar-refractivity contribution in [2.24, 2.45) is 0 Å². The van der Waals surface area contributed by atoms with Crippen molar-refractivity contribution in [2.45, 2.75) is 13.8 Å². The van der Waals surface area contributed by atoms with Gasteiger partial charge in [-0.15, -0.1) is 0 Å². The summed E-state index contributed by atoms with van der Waals surface area (Å²) in [6, 6.07) is 7.24. The van der Waals surface area contributed by atoms with Gasteiger partial charge in [-0.05, 0) is 43.2 Å². The van der Waals surface area contributed by atoms with E-state index in [1.165, 1.54) is 23.7 Å². The van der Waals surface area contributed by atoms with Crippen molar-refractivity contribution in [1.29, 1.82) is 0 Å². The molecule has 0 radical (unpaired) electrons. The Morgan fingerprint density at radius 1 is 1.05 bits per heavy atom. The molecular formula is C23H23N7O5S2. The Labute approximate surface area is 216 Å². The Bertz CT molecular complexity index is 1550. The van der Waals surface area contributed by atoms with E-state index < -0.39 is 21.7 Å². The van der Waals surface area contributed by atoms with Gasteiger partial charge in [-0.1, -0.05) is 17.4 Å². The highest BCUT2D eigenvalue weighted by Gasteiger charge is 2.19. The molecule has 0 spiro atoms. The number of esters is 1. The van der Waals surface area contributed by atoms with Crippen LogP contribution in [0.1, 0.15) is 12.5 Å². The molecule has 1 aromatic carbocycles. The van der Waals surface area contributed by atoms with Crippen LogP contribution in [0, 0.1) is 6.92 Å². The molecule has 4 rings (SSSR count). The van der Waals surface area contributed by atoms with Crippen LogP contribution in [0.2, 0.25) is 0 Å². The van der Waals surface area contributed by atoms with E-state index in [2.05, 4.69) is 40.0 Å². The summed E-state index contributed by atoms with van der Waals surface area (Å²) in [5, 5.41) is 5.85. The third-order valence-electron chi connectivity index (χ3n) is 5.00. The number of sulfonamides is 1. The number of nitrogens with one attached hydrogen (secondary N) is 3. The van der Waals surface area contributed by atoms with Crippen molar-refractivity contribution in [3.8, 4) is 22.4 Å². The van der Waals surface area contributed by atoms with Gasteiger partial charge in [0.2, 0.25) is 16.0 Å². The lowest BCUT2D eigenvalue weighted by Crippen LogP contribution is -2.28. The van der Waals surface area contributed by atoms with Crippen LogP contribution in [0.4, 0.5) is 15.9 Å². The number of hydrogen-bond acceptors (Lipinski definition) is 10. The first-order valence-electron chi connectivity index (χ1n) is 11.0. The average molecular weight is 542 g/mol. The maximum Gasteiger partial charge on any atom is 0.322 e. The number of methoxy groups -OCH3 is 1. The van der Waals surface area contributed by atoms with E-state index in [0.29, 0.717) is 28.3 Å². The number of carbonyl (C=O) groups is 2. The molecule has 4 aromatic rings. The molecule has 0 bridgehead atoms. The van der Waals surface area contributed by atoms with Crippen molar-refractivity contribution in [1.82, 2.24) is 25.3 Å². The van der Waals surface area contributed by atoms with Gasteiger partial charge in [0.25, 0.3) is 0 Å². The molecule has 3 aromatic heterocycles. The fourth-order valence-electron chi connectivity index (χ4n) is 3.29. The number of ether oxygens (including phenoxy) is 1. The first-order chi connectivity index (χ1) is 17.7. The van der Waals surface area contributed by atoms with E-state index in [-0.39, 0.29) is 12.0 Å². The number of hydrogen-bond donors (Lipinski definition) is 3. The van der Waals surface area contributed by atoms with E-state index in [0.717, 1.165) is 28.6 Å². The van der Waals surface area contributed by atoms with Gasteiger partial charge in [0.15, 0.2) is 10.9 Å². The SMILES string of the molecule is CCNC(=O)Nc1nc2cc(-c3cnc(NS(=O)(=O)CC(=O)OC)nc3)cc(-c3ccc(C)cn3)c2s1. The monoisotopic (exact) mass is 541 g/mol. The van der Waals surface area contributed by atoms with Gasteiger partial charge in [0.05, 0.1) is 23.0 Å². The highest BCUT2D eigenvalue weighted by atomic mass is 32.2. The maximum absolute atomic E-state index is 12.1. The summed E-state index contributed by atoms with van der Waals surface area (Å²) in [5.41, 5.74) is 4.48. The number of thiazole rings is 1. The molecule has 37 heavy (non-hydrogen) atoms. The van der Waals surface area contributed by atoms with Gasteiger partial charge in [-0.3, -0.25) is 19.8 Å². The zero-order valence-electron chi connectivity index (χ0n) is 20.1. The predicted molar refractivity (Wildman–Crippen MR) is 141 cm³/mol. The largest absolute Gasteiger partial charge is 0.468 e. The van der Waals surface area contributed by atoms with Crippen LogP contribution in [-0.2, 0) is 19.6 Å². The average Bonchev–Trinajstić information content (AvgIpc) is 3.26. The fraction of sp³-hybridized carbons (Fsp3) is 0.217. The highest BCUT2D eigenvalue weighted by Crippen LogP contribution is 2.38. The van der Waals surface area contributed by atoms with Crippen molar-refractivity contribution in [2.75, 3.05) is 29.4 Å². The van der Waals surface area contributed by atoms with Crippen molar-refractivity contribution in [3.05, 3.63) is 48.4 Å². The molecule has 192 valence electrons. The quantitative estimate of drug-likeness (QED) is 0.284. The Morgan fingerprint density at radius 3 is 2.46 bits per heavy atom. The summed E-state index contributed by atoms with van der Waals surface area (Å²) in [6.45, 7) is 4.25. The Kier molecular flexibility index (Phi) is 7.59. The molecule has 2 amide bonds. The topological polar surface area (TPSA) is 165 Å². The van der Waals surface area contributed by atoms with Crippen molar-refractivity contribution < 1.29 is 22.7 Å². The molecule has 0 atom stereocenters. The molecule has 0 aliphatic rings. The number of carbonyl (C=O) groups excluding carboxylic acids is 2. The minimum Gasteiger partial charge on any atom is -0.468 e. The number of benzene rings is 1. The van der Waals surface area contributed by atoms with Crippen LogP contribution in [0.5, 0.6) is 0 Å². The number of pyridine rings is 1. The molecule has 0 unspecified atom stereocenters. The Balaban J connectivity index is 1.71. The van der Waals surface area contributed by atoms with E-state index in [1.807, 2.05) is 38.1 Å². The molecule has 3 heterocycles. The standard InChI is InChI=1S/C23H23N7O5S2/c1-4-24-22(32)29-23-28-18-8-14(7-16(20(18)36-23)17-6-5-13(2)9-25-17)15-10-26-21(27-11-15)30-37(33,34)12-19(31)35-3/h5-11H,4,12H2,1-3H3,(H,26,27,30)(H2,24,28,29,32). The molecule has 0 fully saturated rings. The normalized spacial score (nSPS) is 11.2. The summed E-state index contributed by atoms with van der Waals surface area (Å²) in [7, 11) is -2.92. The summed E-state index contributed by atoms with van der Waals surface area (Å²) in [6.07, 6.45) is 4.68. The highest BCUT2D eigenvalue weighted by molar-refractivity contribution is 7.93. The van der Waals surface area contributed by atoms with E-state index in [4.69, 9.17) is 0 Å². The van der Waals surface area contributed by atoms with Crippen LogP contribution in [-0.4, -0.2) is 59.8 Å². The van der Waals surface area contributed by atoms with E-state index >= 15 is 0 Å². The van der Waals surface area contributed by atoms with Crippen LogP contribution in [0.25, 0.3) is 32.6 Å². The fourth-order valence-corrected chi connectivity index (χ4v) is 5.14. The van der Waals surface area contributed by atoms with Gasteiger partial charge in [-0.2, -0.15) is 0 Å². The third-order valence-corrected chi connectivity index (χ3v) is 7.13. The van der Waals surface area contributed by atoms with Gasteiger partial charge in [0, 0.05) is 36.3 Å². The number of anilines is 2. The number of aromatic nitrogens is 4.